The minimum absolute atomic E-state index is 0.210. The van der Waals surface area contributed by atoms with Crippen LogP contribution in [0.15, 0.2) is 53.4 Å². The lowest BCUT2D eigenvalue weighted by atomic mass is 10.3. The van der Waals surface area contributed by atoms with Crippen LogP contribution in [0, 0.1) is 5.82 Å². The van der Waals surface area contributed by atoms with Gasteiger partial charge in [0.05, 0.1) is 10.6 Å². The standard InChI is InChI=1S/C15H16FNO3S/c1-21(18,19)13-6-4-5-12(11-13)20-10-9-17-15-8-3-2-7-14(15)16/h2-8,11,17H,9-10H2,1H3. The summed E-state index contributed by atoms with van der Waals surface area (Å²) in [6, 6.07) is 12.7. The zero-order chi connectivity index (χ0) is 15.3. The Morgan fingerprint density at radius 2 is 1.90 bits per heavy atom. The van der Waals surface area contributed by atoms with Gasteiger partial charge in [0.1, 0.15) is 18.2 Å². The van der Waals surface area contributed by atoms with E-state index in [9.17, 15) is 12.8 Å². The summed E-state index contributed by atoms with van der Waals surface area (Å²) in [5.41, 5.74) is 0.408. The smallest absolute Gasteiger partial charge is 0.175 e. The van der Waals surface area contributed by atoms with Crippen LogP contribution in [0.5, 0.6) is 5.75 Å². The lowest BCUT2D eigenvalue weighted by molar-refractivity contribution is 0.332. The van der Waals surface area contributed by atoms with Crippen molar-refractivity contribution in [3.8, 4) is 5.75 Å². The first-order valence-electron chi connectivity index (χ1n) is 6.38. The Morgan fingerprint density at radius 3 is 2.62 bits per heavy atom. The van der Waals surface area contributed by atoms with E-state index in [4.69, 9.17) is 4.74 Å². The van der Waals surface area contributed by atoms with E-state index in [0.29, 0.717) is 24.6 Å². The van der Waals surface area contributed by atoms with Crippen molar-refractivity contribution in [1.29, 1.82) is 0 Å². The second kappa shape index (κ2) is 6.58. The third kappa shape index (κ3) is 4.46. The van der Waals surface area contributed by atoms with Crippen molar-refractivity contribution in [2.45, 2.75) is 4.90 Å². The van der Waals surface area contributed by atoms with Crippen molar-refractivity contribution in [1.82, 2.24) is 0 Å². The molecule has 21 heavy (non-hydrogen) atoms. The summed E-state index contributed by atoms with van der Waals surface area (Å²) < 4.78 is 41.7. The monoisotopic (exact) mass is 309 g/mol. The summed E-state index contributed by atoms with van der Waals surface area (Å²) in [5.74, 6) is 0.143. The SMILES string of the molecule is CS(=O)(=O)c1cccc(OCCNc2ccccc2F)c1. The predicted octanol–water partition coefficient (Wildman–Crippen LogP) is 2.72. The van der Waals surface area contributed by atoms with Crippen LogP contribution in [0.2, 0.25) is 0 Å². The van der Waals surface area contributed by atoms with Gasteiger partial charge in [-0.05, 0) is 30.3 Å². The highest BCUT2D eigenvalue weighted by Gasteiger charge is 2.07. The maximum atomic E-state index is 13.4. The minimum atomic E-state index is -3.25. The van der Waals surface area contributed by atoms with Gasteiger partial charge in [0.2, 0.25) is 0 Å². The summed E-state index contributed by atoms with van der Waals surface area (Å²) in [5, 5.41) is 2.91. The first kappa shape index (κ1) is 15.3. The van der Waals surface area contributed by atoms with Gasteiger partial charge in [-0.2, -0.15) is 0 Å². The van der Waals surface area contributed by atoms with Gasteiger partial charge < -0.3 is 10.1 Å². The zero-order valence-electron chi connectivity index (χ0n) is 11.5. The van der Waals surface area contributed by atoms with Crippen molar-refractivity contribution in [2.24, 2.45) is 0 Å². The average molecular weight is 309 g/mol. The fourth-order valence-corrected chi connectivity index (χ4v) is 2.41. The summed E-state index contributed by atoms with van der Waals surface area (Å²) >= 11 is 0. The quantitative estimate of drug-likeness (QED) is 0.834. The Labute approximate surface area is 123 Å². The molecule has 0 spiro atoms. The Kier molecular flexibility index (Phi) is 4.80. The van der Waals surface area contributed by atoms with E-state index >= 15 is 0 Å². The number of benzene rings is 2. The topological polar surface area (TPSA) is 55.4 Å². The molecule has 0 radical (unpaired) electrons. The van der Waals surface area contributed by atoms with Crippen LogP contribution < -0.4 is 10.1 Å². The molecule has 0 aliphatic heterocycles. The van der Waals surface area contributed by atoms with Crippen LogP contribution >= 0.6 is 0 Å². The van der Waals surface area contributed by atoms with Gasteiger partial charge in [0.15, 0.2) is 9.84 Å². The number of hydrogen-bond donors (Lipinski definition) is 1. The van der Waals surface area contributed by atoms with Crippen LogP contribution in [0.3, 0.4) is 0 Å². The maximum Gasteiger partial charge on any atom is 0.175 e. The fraction of sp³-hybridized carbons (Fsp3) is 0.200. The van der Waals surface area contributed by atoms with E-state index in [2.05, 4.69) is 5.32 Å². The van der Waals surface area contributed by atoms with Gasteiger partial charge in [-0.1, -0.05) is 18.2 Å². The lowest BCUT2D eigenvalue weighted by Crippen LogP contribution is -2.12. The van der Waals surface area contributed by atoms with E-state index < -0.39 is 9.84 Å². The predicted molar refractivity (Wildman–Crippen MR) is 79.9 cm³/mol. The van der Waals surface area contributed by atoms with Crippen molar-refractivity contribution in [3.63, 3.8) is 0 Å². The highest BCUT2D eigenvalue weighted by atomic mass is 32.2. The molecule has 0 aliphatic rings. The van der Waals surface area contributed by atoms with Gasteiger partial charge in [-0.3, -0.25) is 0 Å². The van der Waals surface area contributed by atoms with Crippen LogP contribution in [0.25, 0.3) is 0 Å². The molecule has 112 valence electrons. The van der Waals surface area contributed by atoms with E-state index in [1.54, 1.807) is 30.3 Å². The summed E-state index contributed by atoms with van der Waals surface area (Å²) in [6.45, 7) is 0.700. The largest absolute Gasteiger partial charge is 0.492 e. The minimum Gasteiger partial charge on any atom is -0.492 e. The van der Waals surface area contributed by atoms with E-state index in [-0.39, 0.29) is 10.7 Å². The molecule has 0 fully saturated rings. The Morgan fingerprint density at radius 1 is 1.14 bits per heavy atom. The first-order valence-corrected chi connectivity index (χ1v) is 8.27. The highest BCUT2D eigenvalue weighted by molar-refractivity contribution is 7.90. The number of nitrogens with one attached hydrogen (secondary N) is 1. The van der Waals surface area contributed by atoms with Gasteiger partial charge in [-0.25, -0.2) is 12.8 Å². The summed E-state index contributed by atoms with van der Waals surface area (Å²) in [4.78, 5) is 0.210. The van der Waals surface area contributed by atoms with Crippen LogP contribution in [0.4, 0.5) is 10.1 Å². The molecule has 0 saturated heterocycles. The number of ether oxygens (including phenoxy) is 1. The third-order valence-electron chi connectivity index (χ3n) is 2.79. The van der Waals surface area contributed by atoms with Crippen LogP contribution in [-0.2, 0) is 9.84 Å². The highest BCUT2D eigenvalue weighted by Crippen LogP contribution is 2.17. The molecule has 0 heterocycles. The van der Waals surface area contributed by atoms with Gasteiger partial charge in [0, 0.05) is 12.8 Å². The fourth-order valence-electron chi connectivity index (χ4n) is 1.75. The number of para-hydroxylation sites is 1. The molecule has 0 atom stereocenters. The van der Waals surface area contributed by atoms with E-state index in [0.717, 1.165) is 6.26 Å². The second-order valence-electron chi connectivity index (χ2n) is 4.50. The molecule has 0 amide bonds. The van der Waals surface area contributed by atoms with Gasteiger partial charge >= 0.3 is 0 Å². The molecule has 2 aromatic rings. The molecule has 0 aromatic heterocycles. The molecule has 0 aliphatic carbocycles. The Balaban J connectivity index is 1.88. The molecular formula is C15H16FNO3S. The van der Waals surface area contributed by atoms with E-state index in [1.807, 2.05) is 0 Å². The number of sulfone groups is 1. The van der Waals surface area contributed by atoms with Gasteiger partial charge in [-0.15, -0.1) is 0 Å². The molecule has 0 saturated carbocycles. The first-order chi connectivity index (χ1) is 9.97. The number of hydrogen-bond acceptors (Lipinski definition) is 4. The van der Waals surface area contributed by atoms with Crippen molar-refractivity contribution in [2.75, 3.05) is 24.7 Å². The number of anilines is 1. The Hall–Kier alpha value is -2.08. The summed E-state index contributed by atoms with van der Waals surface area (Å²) in [6.07, 6.45) is 1.14. The van der Waals surface area contributed by atoms with Crippen LogP contribution in [0.1, 0.15) is 0 Å². The molecule has 0 unspecified atom stereocenters. The number of rotatable bonds is 6. The zero-order valence-corrected chi connectivity index (χ0v) is 12.4. The molecule has 1 N–H and O–H groups in total. The average Bonchev–Trinajstić information content (AvgIpc) is 2.45. The van der Waals surface area contributed by atoms with Crippen molar-refractivity contribution < 1.29 is 17.5 Å². The normalized spacial score (nSPS) is 11.1. The Bertz CT molecular complexity index is 716. The maximum absolute atomic E-state index is 13.4. The molecule has 2 rings (SSSR count). The van der Waals surface area contributed by atoms with Crippen molar-refractivity contribution >= 4 is 15.5 Å². The molecule has 0 bridgehead atoms. The van der Waals surface area contributed by atoms with E-state index in [1.165, 1.54) is 18.2 Å². The molecular weight excluding hydrogens is 293 g/mol. The molecule has 2 aromatic carbocycles. The van der Waals surface area contributed by atoms with Gasteiger partial charge in [0.25, 0.3) is 0 Å². The number of halogens is 1. The molecule has 6 heteroatoms. The lowest BCUT2D eigenvalue weighted by Gasteiger charge is -2.10. The summed E-state index contributed by atoms with van der Waals surface area (Å²) in [7, 11) is -3.25. The van der Waals surface area contributed by atoms with Crippen molar-refractivity contribution in [3.05, 3.63) is 54.3 Å². The third-order valence-corrected chi connectivity index (χ3v) is 3.90. The van der Waals surface area contributed by atoms with Crippen LogP contribution in [-0.4, -0.2) is 27.8 Å². The molecule has 4 nitrogen and oxygen atoms in total. The second-order valence-corrected chi connectivity index (χ2v) is 6.52.